The van der Waals surface area contributed by atoms with Crippen LogP contribution < -0.4 is 10.6 Å². The SMILES string of the molecule is [2H]c1c(CN([2H])C(=O)C(F)(F)c2ccc(Cl)cc2)ccc2c1C([2H])N(C1CCC(=O)NC1=O)C2=O. The maximum atomic E-state index is 14.6. The molecular formula is C22H18ClF2N3O4. The van der Waals surface area contributed by atoms with Crippen LogP contribution in [-0.4, -0.2) is 34.6 Å². The number of fused-ring (bicyclic) bond motifs is 1. The summed E-state index contributed by atoms with van der Waals surface area (Å²) in [5.41, 5.74) is -0.768. The molecule has 1 saturated heterocycles. The number of halogens is 3. The Morgan fingerprint density at radius 2 is 2.00 bits per heavy atom. The molecule has 4 rings (SSSR count). The van der Waals surface area contributed by atoms with Gasteiger partial charge in [-0.15, -0.1) is 0 Å². The van der Waals surface area contributed by atoms with Gasteiger partial charge in [-0.25, -0.2) is 0 Å². The second-order valence-electron chi connectivity index (χ2n) is 7.32. The summed E-state index contributed by atoms with van der Waals surface area (Å²) in [6.07, 6.45) is 0.00866. The first-order chi connectivity index (χ1) is 16.4. The quantitative estimate of drug-likeness (QED) is 0.665. The van der Waals surface area contributed by atoms with Gasteiger partial charge in [0, 0.05) is 35.6 Å². The summed E-state index contributed by atoms with van der Waals surface area (Å²) in [6.45, 7) is -2.16. The Morgan fingerprint density at radius 1 is 1.28 bits per heavy atom. The van der Waals surface area contributed by atoms with E-state index in [0.29, 0.717) is 0 Å². The van der Waals surface area contributed by atoms with Crippen LogP contribution in [0, 0.1) is 0 Å². The summed E-state index contributed by atoms with van der Waals surface area (Å²) in [5.74, 6) is -7.75. The molecule has 0 saturated carbocycles. The van der Waals surface area contributed by atoms with Gasteiger partial charge in [0.25, 0.3) is 11.8 Å². The number of alkyl halides is 2. The average Bonchev–Trinajstić information content (AvgIpc) is 3.05. The van der Waals surface area contributed by atoms with Crippen LogP contribution in [0.3, 0.4) is 0 Å². The molecule has 2 heterocycles. The number of hydrogen-bond donors (Lipinski definition) is 2. The second kappa shape index (κ2) is 8.31. The Labute approximate surface area is 191 Å². The number of amides is 4. The van der Waals surface area contributed by atoms with E-state index in [1.54, 1.807) is 0 Å². The number of hydrogen-bond acceptors (Lipinski definition) is 4. The van der Waals surface area contributed by atoms with Gasteiger partial charge in [0.15, 0.2) is 1.41 Å². The highest BCUT2D eigenvalue weighted by molar-refractivity contribution is 6.30. The zero-order valence-corrected chi connectivity index (χ0v) is 17.2. The van der Waals surface area contributed by atoms with Crippen LogP contribution in [0.2, 0.25) is 6.43 Å². The molecule has 2 aliphatic heterocycles. The van der Waals surface area contributed by atoms with E-state index in [1.165, 1.54) is 24.3 Å². The molecule has 4 amide bonds. The molecule has 0 radical (unpaired) electrons. The molecule has 0 aliphatic carbocycles. The third-order valence-electron chi connectivity index (χ3n) is 5.18. The van der Waals surface area contributed by atoms with E-state index in [2.05, 4.69) is 5.32 Å². The average molecular weight is 465 g/mol. The predicted octanol–water partition coefficient (Wildman–Crippen LogP) is 2.51. The van der Waals surface area contributed by atoms with Crippen molar-refractivity contribution in [2.45, 2.75) is 37.9 Å². The Morgan fingerprint density at radius 3 is 2.69 bits per heavy atom. The molecule has 32 heavy (non-hydrogen) atoms. The van der Waals surface area contributed by atoms with Crippen LogP contribution in [0.4, 0.5) is 8.78 Å². The number of rotatable bonds is 5. The van der Waals surface area contributed by atoms with E-state index >= 15 is 0 Å². The lowest BCUT2D eigenvalue weighted by Crippen LogP contribution is -2.52. The van der Waals surface area contributed by atoms with Crippen molar-refractivity contribution in [3.05, 3.63) is 69.7 Å². The minimum Gasteiger partial charge on any atom is -0.346 e. The summed E-state index contributed by atoms with van der Waals surface area (Å²) in [7, 11) is 0. The second-order valence-corrected chi connectivity index (χ2v) is 7.76. The van der Waals surface area contributed by atoms with E-state index in [4.69, 9.17) is 15.8 Å². The number of carbonyl (C=O) groups excluding carboxylic acids is 4. The van der Waals surface area contributed by atoms with E-state index in [0.717, 1.165) is 17.0 Å². The van der Waals surface area contributed by atoms with Gasteiger partial charge in [-0.3, -0.25) is 24.5 Å². The van der Waals surface area contributed by atoms with Gasteiger partial charge < -0.3 is 10.2 Å². The van der Waals surface area contributed by atoms with Crippen molar-refractivity contribution in [1.29, 1.82) is 0 Å². The van der Waals surface area contributed by atoms with Gasteiger partial charge in [0.05, 0.1) is 2.74 Å². The number of piperidine rings is 1. The van der Waals surface area contributed by atoms with Crippen LogP contribution in [0.15, 0.2) is 42.4 Å². The van der Waals surface area contributed by atoms with Crippen molar-refractivity contribution in [2.75, 3.05) is 0 Å². The molecule has 2 unspecified atom stereocenters. The zero-order chi connectivity index (χ0) is 25.7. The number of benzene rings is 2. The van der Waals surface area contributed by atoms with Crippen molar-refractivity contribution < 1.29 is 32.1 Å². The summed E-state index contributed by atoms with van der Waals surface area (Å²) in [6, 6.07) is 5.39. The molecule has 2 aromatic rings. The third-order valence-corrected chi connectivity index (χ3v) is 5.44. The lowest BCUT2D eigenvalue weighted by molar-refractivity contribution is -0.147. The molecule has 0 aromatic heterocycles. The van der Waals surface area contributed by atoms with Gasteiger partial charge in [0.1, 0.15) is 6.04 Å². The van der Waals surface area contributed by atoms with Gasteiger partial charge >= 0.3 is 5.92 Å². The fraction of sp³-hybridized carbons (Fsp3) is 0.273. The number of nitrogens with one attached hydrogen (secondary N) is 2. The Hall–Kier alpha value is -3.33. The van der Waals surface area contributed by atoms with Crippen molar-refractivity contribution >= 4 is 35.2 Å². The van der Waals surface area contributed by atoms with Crippen LogP contribution in [0.25, 0.3) is 0 Å². The highest BCUT2D eigenvalue weighted by Gasteiger charge is 2.41. The molecule has 7 nitrogen and oxygen atoms in total. The fourth-order valence-electron chi connectivity index (χ4n) is 3.49. The van der Waals surface area contributed by atoms with E-state index < -0.39 is 54.2 Å². The minimum absolute atomic E-state index is 0.0139. The van der Waals surface area contributed by atoms with Crippen LogP contribution in [0.5, 0.6) is 0 Å². The molecular weight excluding hydrogens is 444 g/mol. The lowest BCUT2D eigenvalue weighted by atomic mass is 10.0. The Kier molecular flexibility index (Phi) is 4.74. The van der Waals surface area contributed by atoms with Gasteiger partial charge in [-0.2, -0.15) is 8.78 Å². The Bertz CT molecular complexity index is 1250. The van der Waals surface area contributed by atoms with Crippen molar-refractivity contribution in [2.24, 2.45) is 0 Å². The number of nitrogens with zero attached hydrogens (tertiary/aromatic N) is 1. The fourth-order valence-corrected chi connectivity index (χ4v) is 3.62. The standard InChI is InChI=1S/C22H18ClF2N3O4/c23-15-4-2-14(3-5-15)22(24,25)21(32)26-10-12-1-6-16-13(9-12)11-28(20(16)31)17-7-8-18(29)27-19(17)30/h1-6,9,17H,7-8,10-11H2,(H,26,32)(H,27,29,30)/i9D,11D/hD. The Balaban J connectivity index is 1.57. The number of carbonyl (C=O) groups is 4. The molecule has 2 N–H and O–H groups in total. The summed E-state index contributed by atoms with van der Waals surface area (Å²) in [5, 5.41) is 2.33. The topological polar surface area (TPSA) is 95.6 Å². The lowest BCUT2D eigenvalue weighted by Gasteiger charge is -2.29. The highest BCUT2D eigenvalue weighted by Crippen LogP contribution is 2.30. The molecule has 10 heteroatoms. The smallest absolute Gasteiger partial charge is 0.346 e. The van der Waals surface area contributed by atoms with Crippen LogP contribution in [0.1, 0.15) is 42.6 Å². The molecule has 166 valence electrons. The molecule has 2 atom stereocenters. The zero-order valence-electron chi connectivity index (χ0n) is 19.4. The highest BCUT2D eigenvalue weighted by atomic mass is 35.5. The minimum atomic E-state index is -4.03. The largest absolute Gasteiger partial charge is 0.349 e. The van der Waals surface area contributed by atoms with Crippen molar-refractivity contribution in [1.82, 2.24) is 15.5 Å². The van der Waals surface area contributed by atoms with Crippen molar-refractivity contribution in [3.8, 4) is 0 Å². The molecule has 0 bridgehead atoms. The monoisotopic (exact) mass is 464 g/mol. The molecule has 2 aliphatic rings. The summed E-state index contributed by atoms with van der Waals surface area (Å²) in [4.78, 5) is 49.9. The molecule has 0 spiro atoms. The van der Waals surface area contributed by atoms with Crippen LogP contribution in [-0.2, 0) is 33.4 Å². The maximum Gasteiger partial charge on any atom is 0.349 e. The van der Waals surface area contributed by atoms with E-state index in [-0.39, 0.29) is 45.9 Å². The third kappa shape index (κ3) is 4.08. The first-order valence-corrected chi connectivity index (χ1v) is 9.97. The van der Waals surface area contributed by atoms with E-state index in [9.17, 15) is 28.0 Å². The first-order valence-electron chi connectivity index (χ1n) is 11.1. The summed E-state index contributed by atoms with van der Waals surface area (Å²) >= 11 is 5.69. The van der Waals surface area contributed by atoms with Crippen LogP contribution >= 0.6 is 11.6 Å². The summed E-state index contributed by atoms with van der Waals surface area (Å²) < 4.78 is 54.1. The van der Waals surface area contributed by atoms with E-state index in [1.807, 2.05) is 0 Å². The van der Waals surface area contributed by atoms with Gasteiger partial charge in [-0.05, 0) is 35.7 Å². The number of imide groups is 1. The normalized spacial score (nSPS) is 22.0. The van der Waals surface area contributed by atoms with Gasteiger partial charge in [-0.1, -0.05) is 35.8 Å². The van der Waals surface area contributed by atoms with Crippen molar-refractivity contribution in [3.63, 3.8) is 0 Å². The first kappa shape index (κ1) is 18.3. The molecule has 1 fully saturated rings. The molecule has 2 aromatic carbocycles. The maximum absolute atomic E-state index is 14.6. The predicted molar refractivity (Wildman–Crippen MR) is 110 cm³/mol. The van der Waals surface area contributed by atoms with Gasteiger partial charge in [0.2, 0.25) is 11.8 Å².